The molecule has 5 heteroatoms. The number of hydrogen-bond donors (Lipinski definition) is 1. The van der Waals surface area contributed by atoms with Crippen LogP contribution in [0.5, 0.6) is 0 Å². The average molecular weight is 541 g/mol. The Morgan fingerprint density at radius 1 is 1.75 bits per heavy atom. The first-order valence-corrected chi connectivity index (χ1v) is 1.58. The van der Waals surface area contributed by atoms with Crippen LogP contribution in [0.2, 0.25) is 0 Å². The summed E-state index contributed by atoms with van der Waals surface area (Å²) >= 11 is 0. The fourth-order valence-corrected chi connectivity index (χ4v) is 0. The molecule has 0 aromatic carbocycles. The summed E-state index contributed by atoms with van der Waals surface area (Å²) in [7, 11) is 0. The number of amides is 1. The number of nitrogens with one attached hydrogen (secondary N) is 1. The Kier molecular flexibility index (Phi) is 12.0. The van der Waals surface area contributed by atoms with Gasteiger partial charge in [0.1, 0.15) is 0 Å². The van der Waals surface area contributed by atoms with Crippen molar-refractivity contribution in [2.75, 3.05) is 0 Å². The maximum atomic E-state index is 9.56. The number of rotatable bonds is 1. The first-order valence-electron chi connectivity index (χ1n) is 1.58. The molecule has 0 heterocycles. The third kappa shape index (κ3) is 8.92. The molecule has 0 aromatic rings. The molecule has 0 aliphatic rings. The molecule has 1 atom stereocenters. The molecule has 0 bridgehead atoms. The largest absolute Gasteiger partial charge is 0.666 e. The first-order chi connectivity index (χ1) is 2.64. The molecule has 0 saturated heterocycles. The smallest absolute Gasteiger partial charge is 0.0921 e. The maximum Gasteiger partial charge on any atom is 0.0921 e. The van der Waals surface area contributed by atoms with Gasteiger partial charge in [0.05, 0.1) is 12.0 Å². The van der Waals surface area contributed by atoms with E-state index in [-0.39, 0.29) is 20.4 Å². The van der Waals surface area contributed by atoms with Gasteiger partial charge in [-0.2, -0.15) is 0 Å². The first kappa shape index (κ1) is 15.7. The minimum Gasteiger partial charge on any atom is -0.666 e. The van der Waals surface area contributed by atoms with Gasteiger partial charge in [-0.15, -0.1) is 0 Å². The predicted octanol–water partition coefficient (Wildman–Crippen LogP) is -0.0565. The molecule has 0 aromatic heterocycles. The number of carbonyl (C=O) groups excluding carboxylic acids is 1. The quantitative estimate of drug-likeness (QED) is 0.507. The number of aliphatic hydroxyl groups excluding tert-OH is 1. The van der Waals surface area contributed by atoms with E-state index in [0.29, 0.717) is 0 Å². The summed E-state index contributed by atoms with van der Waals surface area (Å²) in [5.41, 5.74) is 6.14. The molecule has 1 unspecified atom stereocenters. The van der Waals surface area contributed by atoms with E-state index in [1.54, 1.807) is 0 Å². The van der Waals surface area contributed by atoms with Gasteiger partial charge in [-0.3, -0.25) is 0 Å². The van der Waals surface area contributed by atoms with Crippen molar-refractivity contribution in [1.82, 2.24) is 0 Å². The van der Waals surface area contributed by atoms with E-state index in [4.69, 9.17) is 10.8 Å². The van der Waals surface area contributed by atoms with Gasteiger partial charge in [-0.05, 0) is 6.92 Å². The van der Waals surface area contributed by atoms with Crippen LogP contribution in [0.15, 0.2) is 0 Å². The van der Waals surface area contributed by atoms with E-state index >= 15 is 0 Å². The van der Waals surface area contributed by atoms with Gasteiger partial charge in [-0.1, -0.05) is 0 Å². The second-order valence-electron chi connectivity index (χ2n) is 1.04. The van der Waals surface area contributed by atoms with E-state index < -0.39 is 12.0 Å². The second kappa shape index (κ2) is 6.09. The summed E-state index contributed by atoms with van der Waals surface area (Å²) in [5.74, 6) is -0.935. The van der Waals surface area contributed by atoms with Crippen LogP contribution in [-0.4, -0.2) is 17.1 Å². The van der Waals surface area contributed by atoms with Crippen LogP contribution in [0, 0.1) is 0 Å². The molecule has 8 heavy (non-hydrogen) atoms. The van der Waals surface area contributed by atoms with E-state index in [1.807, 2.05) is 0 Å². The van der Waals surface area contributed by atoms with Crippen molar-refractivity contribution in [2.45, 2.75) is 13.0 Å². The molecule has 45 valence electrons. The number of aliphatic hydroxyl groups is 1. The van der Waals surface area contributed by atoms with Gasteiger partial charge in [0, 0.05) is 20.4 Å². The number of carbonyl (C=O) groups is 1. The van der Waals surface area contributed by atoms with Crippen molar-refractivity contribution in [2.24, 2.45) is 0 Å². The zero-order valence-corrected chi connectivity index (χ0v) is 13.6. The zero-order valence-electron chi connectivity index (χ0n) is 4.52. The van der Waals surface area contributed by atoms with Crippen molar-refractivity contribution >= 4 is 5.91 Å². The molecule has 0 rings (SSSR count). The molecule has 0 aliphatic carbocycles. The average Bonchev–Trinajstić information content (AvgIpc) is 1.36. The van der Waals surface area contributed by atoms with Crippen LogP contribution in [0.3, 0.4) is 0 Å². The van der Waals surface area contributed by atoms with Crippen LogP contribution in [0.4, 0.5) is 0 Å². The standard InChI is InChI=1S/C3H7NO2.Re.Rf/c1-2(5)3(4)6;;/h2,5H,1H3,(H2,4,6);;/p-1. The summed E-state index contributed by atoms with van der Waals surface area (Å²) < 4.78 is 0. The monoisotopic (exact) mass is 542 g/mol. The van der Waals surface area contributed by atoms with Crippen molar-refractivity contribution < 1.29 is 30.3 Å². The fraction of sp³-hybridized carbons (Fsp3) is 0.667. The molecule has 1 amide bonds. The van der Waals surface area contributed by atoms with Crippen LogP contribution in [0.25, 0.3) is 5.73 Å². The third-order valence-electron chi connectivity index (χ3n) is 0.379. The minimum atomic E-state index is -1.12. The SMILES string of the molecule is CC(O)C([NH-])=O.[Re].[Rf]. The van der Waals surface area contributed by atoms with Crippen LogP contribution < -0.4 is 0 Å². The second-order valence-corrected chi connectivity index (χ2v) is 1.04. The molecule has 0 fully saturated rings. The maximum absolute atomic E-state index is 9.56. The van der Waals surface area contributed by atoms with E-state index in [9.17, 15) is 4.79 Å². The van der Waals surface area contributed by atoms with E-state index in [1.165, 1.54) is 6.92 Å². The van der Waals surface area contributed by atoms with Gasteiger partial charge in [0.25, 0.3) is 0 Å². The molecule has 0 spiro atoms. The Morgan fingerprint density at radius 3 is 1.88 bits per heavy atom. The summed E-state index contributed by atoms with van der Waals surface area (Å²) in [4.78, 5) is 9.56. The van der Waals surface area contributed by atoms with Crippen LogP contribution >= 0.6 is 0 Å². The van der Waals surface area contributed by atoms with Crippen molar-refractivity contribution in [1.29, 1.82) is 0 Å². The molecule has 1 radical (unpaired) electrons. The summed E-state index contributed by atoms with van der Waals surface area (Å²) in [6.07, 6.45) is -1.12. The van der Waals surface area contributed by atoms with Crippen LogP contribution in [-0.2, 0) is 25.2 Å². The Balaban J connectivity index is -0.000000125. The Morgan fingerprint density at radius 2 is 1.88 bits per heavy atom. The summed E-state index contributed by atoms with van der Waals surface area (Å²) in [5, 5.41) is 8.09. The molecule has 0 saturated carbocycles. The summed E-state index contributed by atoms with van der Waals surface area (Å²) in [6, 6.07) is 0. The van der Waals surface area contributed by atoms with Gasteiger partial charge in [0.15, 0.2) is 0 Å². The van der Waals surface area contributed by atoms with E-state index in [2.05, 4.69) is 0 Å². The van der Waals surface area contributed by atoms with Crippen LogP contribution in [0.1, 0.15) is 6.92 Å². The van der Waals surface area contributed by atoms with E-state index in [0.717, 1.165) is 0 Å². The summed E-state index contributed by atoms with van der Waals surface area (Å²) in [6.45, 7) is 1.26. The Bertz CT molecular complexity index is 68.3. The number of hydrogen-bond acceptors (Lipinski definition) is 2. The molecule has 0 aliphatic heterocycles. The molecular formula is C3H6NO2ReRf-. The van der Waals surface area contributed by atoms with Gasteiger partial charge >= 0.3 is 0 Å². The Hall–Kier alpha value is -0.908. The zero-order chi connectivity index (χ0) is 5.15. The van der Waals surface area contributed by atoms with Gasteiger partial charge in [-0.25, -0.2) is 0 Å². The Labute approximate surface area is 55.5 Å². The molecule has 2 N–H and O–H groups in total. The van der Waals surface area contributed by atoms with Crippen molar-refractivity contribution in [3.8, 4) is 0 Å². The third-order valence-corrected chi connectivity index (χ3v) is 0.379. The minimum absolute atomic E-state index is 0. The molecule has 3 nitrogen and oxygen atoms in total. The predicted molar refractivity (Wildman–Crippen MR) is 21.0 cm³/mol. The van der Waals surface area contributed by atoms with Crippen molar-refractivity contribution in [3.05, 3.63) is 5.73 Å². The fourth-order valence-electron chi connectivity index (χ4n) is 0. The normalized spacial score (nSPS) is 10.2. The van der Waals surface area contributed by atoms with Gasteiger partial charge in [0.2, 0.25) is 0 Å². The molecular weight excluding hydrogens is 535 g/mol. The topological polar surface area (TPSA) is 61.1 Å². The van der Waals surface area contributed by atoms with Crippen molar-refractivity contribution in [3.63, 3.8) is 0 Å². The van der Waals surface area contributed by atoms with Gasteiger partial charge < -0.3 is 15.6 Å².